The Labute approximate surface area is 136 Å². The van der Waals surface area contributed by atoms with Crippen LogP contribution in [-0.2, 0) is 6.54 Å². The van der Waals surface area contributed by atoms with Gasteiger partial charge in [0.1, 0.15) is 18.0 Å². The molecule has 3 rings (SSSR count). The monoisotopic (exact) mass is 313 g/mol. The molecule has 1 aliphatic heterocycles. The van der Waals surface area contributed by atoms with Gasteiger partial charge in [-0.15, -0.1) is 0 Å². The van der Waals surface area contributed by atoms with Crippen LogP contribution in [-0.4, -0.2) is 34.6 Å². The minimum Gasteiger partial charge on any atom is -0.477 e. The summed E-state index contributed by atoms with van der Waals surface area (Å²) < 4.78 is 5.69. The molecule has 122 valence electrons. The average molecular weight is 313 g/mol. The van der Waals surface area contributed by atoms with E-state index in [0.29, 0.717) is 19.0 Å². The first-order chi connectivity index (χ1) is 11.4. The Balaban J connectivity index is 1.65. The lowest BCUT2D eigenvalue weighted by Gasteiger charge is -2.17. The molecule has 6 nitrogen and oxygen atoms in total. The standard InChI is InChI=1S/C17H23N5O/c1-2-10-23-17-14(6-5-7-18-17)12-19-15-11-16(21-13-20-15)22-8-3-4-9-22/h5-7,11,13H,2-4,8-10,12H2,1H3,(H,19,20,21). The van der Waals surface area contributed by atoms with Gasteiger partial charge in [0.15, 0.2) is 0 Å². The maximum Gasteiger partial charge on any atom is 0.218 e. The number of ether oxygens (including phenoxy) is 1. The van der Waals surface area contributed by atoms with E-state index in [1.165, 1.54) is 12.8 Å². The van der Waals surface area contributed by atoms with Crippen LogP contribution in [0.25, 0.3) is 0 Å². The van der Waals surface area contributed by atoms with E-state index < -0.39 is 0 Å². The Bertz CT molecular complexity index is 628. The minimum absolute atomic E-state index is 0.628. The number of hydrogen-bond donors (Lipinski definition) is 1. The van der Waals surface area contributed by atoms with Crippen molar-refractivity contribution in [3.05, 3.63) is 36.3 Å². The molecule has 0 unspecified atom stereocenters. The minimum atomic E-state index is 0.628. The molecule has 6 heteroatoms. The molecular weight excluding hydrogens is 290 g/mol. The van der Waals surface area contributed by atoms with Gasteiger partial charge in [-0.3, -0.25) is 0 Å². The van der Waals surface area contributed by atoms with E-state index >= 15 is 0 Å². The molecule has 1 aliphatic rings. The molecule has 0 aliphatic carbocycles. The summed E-state index contributed by atoms with van der Waals surface area (Å²) in [7, 11) is 0. The number of anilines is 2. The van der Waals surface area contributed by atoms with Crippen molar-refractivity contribution in [3.63, 3.8) is 0 Å². The van der Waals surface area contributed by atoms with Gasteiger partial charge in [-0.2, -0.15) is 0 Å². The van der Waals surface area contributed by atoms with Crippen molar-refractivity contribution in [2.75, 3.05) is 29.9 Å². The van der Waals surface area contributed by atoms with Gasteiger partial charge < -0.3 is 15.0 Å². The van der Waals surface area contributed by atoms with Gasteiger partial charge in [-0.05, 0) is 25.3 Å². The molecular formula is C17H23N5O. The molecule has 0 bridgehead atoms. The summed E-state index contributed by atoms with van der Waals surface area (Å²) in [5.74, 6) is 2.51. The van der Waals surface area contributed by atoms with Crippen LogP contribution in [0.4, 0.5) is 11.6 Å². The first-order valence-corrected chi connectivity index (χ1v) is 8.24. The highest BCUT2D eigenvalue weighted by molar-refractivity contribution is 5.49. The highest BCUT2D eigenvalue weighted by Crippen LogP contribution is 2.20. The van der Waals surface area contributed by atoms with Gasteiger partial charge in [-0.1, -0.05) is 13.0 Å². The van der Waals surface area contributed by atoms with Gasteiger partial charge >= 0.3 is 0 Å². The Kier molecular flexibility index (Phi) is 5.24. The zero-order valence-electron chi connectivity index (χ0n) is 13.5. The van der Waals surface area contributed by atoms with Crippen LogP contribution in [0, 0.1) is 0 Å². The van der Waals surface area contributed by atoms with E-state index in [4.69, 9.17) is 4.74 Å². The molecule has 2 aromatic rings. The van der Waals surface area contributed by atoms with E-state index in [-0.39, 0.29) is 0 Å². The maximum absolute atomic E-state index is 5.69. The molecule has 0 radical (unpaired) electrons. The average Bonchev–Trinajstić information content (AvgIpc) is 3.14. The van der Waals surface area contributed by atoms with Gasteiger partial charge in [0.25, 0.3) is 0 Å². The van der Waals surface area contributed by atoms with Crippen molar-refractivity contribution in [1.29, 1.82) is 0 Å². The fourth-order valence-corrected chi connectivity index (χ4v) is 2.64. The Morgan fingerprint density at radius 1 is 1.22 bits per heavy atom. The van der Waals surface area contributed by atoms with Crippen molar-refractivity contribution >= 4 is 11.6 Å². The van der Waals surface area contributed by atoms with Crippen molar-refractivity contribution in [1.82, 2.24) is 15.0 Å². The van der Waals surface area contributed by atoms with Crippen LogP contribution in [0.1, 0.15) is 31.7 Å². The highest BCUT2D eigenvalue weighted by Gasteiger charge is 2.14. The quantitative estimate of drug-likeness (QED) is 0.848. The molecule has 0 atom stereocenters. The van der Waals surface area contributed by atoms with E-state index in [1.807, 2.05) is 18.2 Å². The molecule has 23 heavy (non-hydrogen) atoms. The molecule has 2 aromatic heterocycles. The molecule has 1 saturated heterocycles. The first-order valence-electron chi connectivity index (χ1n) is 8.24. The van der Waals surface area contributed by atoms with Crippen molar-refractivity contribution in [2.45, 2.75) is 32.7 Å². The lowest BCUT2D eigenvalue weighted by molar-refractivity contribution is 0.302. The van der Waals surface area contributed by atoms with Crippen LogP contribution in [0.5, 0.6) is 5.88 Å². The predicted molar refractivity (Wildman–Crippen MR) is 90.8 cm³/mol. The van der Waals surface area contributed by atoms with Gasteiger partial charge in [0, 0.05) is 37.5 Å². The number of nitrogens with zero attached hydrogens (tertiary/aromatic N) is 4. The number of pyridine rings is 1. The molecule has 0 amide bonds. The topological polar surface area (TPSA) is 63.2 Å². The number of nitrogens with one attached hydrogen (secondary N) is 1. The number of hydrogen-bond acceptors (Lipinski definition) is 6. The maximum atomic E-state index is 5.69. The Hall–Kier alpha value is -2.37. The van der Waals surface area contributed by atoms with Crippen LogP contribution >= 0.6 is 0 Å². The van der Waals surface area contributed by atoms with Crippen LogP contribution in [0.2, 0.25) is 0 Å². The fourth-order valence-electron chi connectivity index (χ4n) is 2.64. The second-order valence-electron chi connectivity index (χ2n) is 5.63. The molecule has 3 heterocycles. The third kappa shape index (κ3) is 4.09. The summed E-state index contributed by atoms with van der Waals surface area (Å²) in [6.45, 7) is 5.55. The lowest BCUT2D eigenvalue weighted by Crippen LogP contribution is -2.19. The number of rotatable bonds is 7. The Morgan fingerprint density at radius 2 is 2.09 bits per heavy atom. The lowest BCUT2D eigenvalue weighted by atomic mass is 10.2. The van der Waals surface area contributed by atoms with E-state index in [0.717, 1.165) is 36.7 Å². The molecule has 0 spiro atoms. The van der Waals surface area contributed by atoms with E-state index in [1.54, 1.807) is 12.5 Å². The zero-order valence-corrected chi connectivity index (χ0v) is 13.5. The Morgan fingerprint density at radius 3 is 2.91 bits per heavy atom. The summed E-state index contributed by atoms with van der Waals surface area (Å²) in [5, 5.41) is 3.34. The van der Waals surface area contributed by atoms with Crippen LogP contribution in [0.3, 0.4) is 0 Å². The summed E-state index contributed by atoms with van der Waals surface area (Å²) in [4.78, 5) is 15.3. The predicted octanol–water partition coefficient (Wildman–Crippen LogP) is 2.87. The summed E-state index contributed by atoms with van der Waals surface area (Å²) >= 11 is 0. The third-order valence-electron chi connectivity index (χ3n) is 3.84. The molecule has 0 saturated carbocycles. The van der Waals surface area contributed by atoms with Gasteiger partial charge in [0.05, 0.1) is 6.61 Å². The van der Waals surface area contributed by atoms with Gasteiger partial charge in [0.2, 0.25) is 5.88 Å². The molecule has 0 aromatic carbocycles. The third-order valence-corrected chi connectivity index (χ3v) is 3.84. The van der Waals surface area contributed by atoms with E-state index in [2.05, 4.69) is 32.1 Å². The van der Waals surface area contributed by atoms with Gasteiger partial charge in [-0.25, -0.2) is 15.0 Å². The normalized spacial score (nSPS) is 14.0. The second kappa shape index (κ2) is 7.76. The van der Waals surface area contributed by atoms with E-state index in [9.17, 15) is 0 Å². The summed E-state index contributed by atoms with van der Waals surface area (Å²) in [6, 6.07) is 5.95. The summed E-state index contributed by atoms with van der Waals surface area (Å²) in [6.07, 6.45) is 6.81. The second-order valence-corrected chi connectivity index (χ2v) is 5.63. The first kappa shape index (κ1) is 15.5. The van der Waals surface area contributed by atoms with Crippen LogP contribution in [0.15, 0.2) is 30.7 Å². The number of aromatic nitrogens is 3. The zero-order chi connectivity index (χ0) is 15.9. The van der Waals surface area contributed by atoms with Crippen molar-refractivity contribution < 1.29 is 4.74 Å². The largest absolute Gasteiger partial charge is 0.477 e. The van der Waals surface area contributed by atoms with Crippen molar-refractivity contribution in [3.8, 4) is 5.88 Å². The van der Waals surface area contributed by atoms with Crippen molar-refractivity contribution in [2.24, 2.45) is 0 Å². The highest BCUT2D eigenvalue weighted by atomic mass is 16.5. The molecule has 1 fully saturated rings. The summed E-state index contributed by atoms with van der Waals surface area (Å²) in [5.41, 5.74) is 1.03. The smallest absolute Gasteiger partial charge is 0.218 e. The fraction of sp³-hybridized carbons (Fsp3) is 0.471. The molecule has 1 N–H and O–H groups in total. The van der Waals surface area contributed by atoms with Crippen LogP contribution < -0.4 is 15.0 Å². The SMILES string of the molecule is CCCOc1ncccc1CNc1cc(N2CCCC2)ncn1.